The highest BCUT2D eigenvalue weighted by Gasteiger charge is 2.40. The first-order chi connectivity index (χ1) is 11.7. The number of hydrogen-bond acceptors (Lipinski definition) is 7. The summed E-state index contributed by atoms with van der Waals surface area (Å²) in [5, 5.41) is 3.96. The van der Waals surface area contributed by atoms with Crippen molar-refractivity contribution in [3.63, 3.8) is 0 Å². The molecule has 0 aliphatic heterocycles. The standard InChI is InChI=1S/C18H24N4O2S/c1-6-24-14(23)11-9-19-15(20-10-11)22-16-21-12-13(25-16)18(4,5)8-7-17(12,2)3/h9-10H,6-8H2,1-5H3,(H,19,20,21,22). The molecule has 0 radical (unpaired) electrons. The lowest BCUT2D eigenvalue weighted by atomic mass is 9.69. The van der Waals surface area contributed by atoms with Gasteiger partial charge < -0.3 is 10.1 Å². The van der Waals surface area contributed by atoms with E-state index in [1.165, 1.54) is 23.0 Å². The van der Waals surface area contributed by atoms with E-state index in [4.69, 9.17) is 9.72 Å². The predicted molar refractivity (Wildman–Crippen MR) is 98.7 cm³/mol. The number of nitrogens with one attached hydrogen (secondary N) is 1. The minimum absolute atomic E-state index is 0.0793. The molecule has 1 aliphatic carbocycles. The molecule has 1 N–H and O–H groups in total. The Morgan fingerprint density at radius 2 is 1.84 bits per heavy atom. The van der Waals surface area contributed by atoms with E-state index in [0.29, 0.717) is 18.1 Å². The number of carbonyl (C=O) groups is 1. The van der Waals surface area contributed by atoms with Crippen molar-refractivity contribution in [3.05, 3.63) is 28.5 Å². The molecule has 7 heteroatoms. The molecule has 2 heterocycles. The van der Waals surface area contributed by atoms with E-state index in [9.17, 15) is 4.79 Å². The number of nitrogens with zero attached hydrogens (tertiary/aromatic N) is 3. The van der Waals surface area contributed by atoms with Gasteiger partial charge in [-0.15, -0.1) is 11.3 Å². The average Bonchev–Trinajstić information content (AvgIpc) is 2.99. The Balaban J connectivity index is 1.83. The molecule has 0 fully saturated rings. The molecule has 6 nitrogen and oxygen atoms in total. The predicted octanol–water partition coefficient (Wildman–Crippen LogP) is 4.20. The fraction of sp³-hybridized carbons (Fsp3) is 0.556. The molecule has 0 spiro atoms. The topological polar surface area (TPSA) is 77.0 Å². The van der Waals surface area contributed by atoms with Crippen molar-refractivity contribution < 1.29 is 9.53 Å². The molecule has 134 valence electrons. The summed E-state index contributed by atoms with van der Waals surface area (Å²) in [7, 11) is 0. The van der Waals surface area contributed by atoms with Crippen LogP contribution < -0.4 is 5.32 Å². The minimum atomic E-state index is -0.415. The van der Waals surface area contributed by atoms with Gasteiger partial charge in [0.1, 0.15) is 0 Å². The lowest BCUT2D eigenvalue weighted by molar-refractivity contribution is 0.0525. The molecule has 0 unspecified atom stereocenters. The smallest absolute Gasteiger partial charge is 0.341 e. The van der Waals surface area contributed by atoms with Crippen LogP contribution in [0.25, 0.3) is 0 Å². The number of rotatable bonds is 4. The van der Waals surface area contributed by atoms with Crippen LogP contribution in [0, 0.1) is 0 Å². The number of fused-ring (bicyclic) bond motifs is 1. The van der Waals surface area contributed by atoms with Crippen LogP contribution in [-0.2, 0) is 15.6 Å². The Bertz CT molecular complexity index is 747. The number of hydrogen-bond donors (Lipinski definition) is 1. The highest BCUT2D eigenvalue weighted by Crippen LogP contribution is 2.49. The Morgan fingerprint density at radius 3 is 2.44 bits per heavy atom. The normalized spacial score (nSPS) is 17.6. The van der Waals surface area contributed by atoms with E-state index in [0.717, 1.165) is 18.0 Å². The second-order valence-corrected chi connectivity index (χ2v) is 8.60. The monoisotopic (exact) mass is 360 g/mol. The largest absolute Gasteiger partial charge is 0.462 e. The van der Waals surface area contributed by atoms with E-state index in [1.54, 1.807) is 18.3 Å². The molecular formula is C18H24N4O2S. The van der Waals surface area contributed by atoms with Gasteiger partial charge in [-0.2, -0.15) is 0 Å². The SMILES string of the molecule is CCOC(=O)c1cnc(Nc2nc3c(s2)C(C)(C)CCC3(C)C)nc1. The van der Waals surface area contributed by atoms with E-state index in [2.05, 4.69) is 43.0 Å². The van der Waals surface area contributed by atoms with Gasteiger partial charge >= 0.3 is 5.97 Å². The van der Waals surface area contributed by atoms with Crippen LogP contribution in [0.15, 0.2) is 12.4 Å². The third-order valence-corrected chi connectivity index (χ3v) is 5.98. The second kappa shape index (κ2) is 6.37. The van der Waals surface area contributed by atoms with Crippen molar-refractivity contribution in [2.75, 3.05) is 11.9 Å². The van der Waals surface area contributed by atoms with Gasteiger partial charge in [-0.1, -0.05) is 27.7 Å². The van der Waals surface area contributed by atoms with Crippen LogP contribution in [-0.4, -0.2) is 27.5 Å². The molecule has 0 bridgehead atoms. The minimum Gasteiger partial charge on any atom is -0.462 e. The van der Waals surface area contributed by atoms with Crippen LogP contribution in [0.3, 0.4) is 0 Å². The lowest BCUT2D eigenvalue weighted by Gasteiger charge is -2.37. The van der Waals surface area contributed by atoms with Gasteiger partial charge in [0, 0.05) is 28.1 Å². The summed E-state index contributed by atoms with van der Waals surface area (Å²) in [6, 6.07) is 0. The van der Waals surface area contributed by atoms with Gasteiger partial charge in [0.05, 0.1) is 17.9 Å². The molecule has 0 atom stereocenters. The number of ether oxygens (including phenoxy) is 1. The summed E-state index contributed by atoms with van der Waals surface area (Å²) in [6.45, 7) is 11.1. The third kappa shape index (κ3) is 3.51. The number of carbonyl (C=O) groups excluding carboxylic acids is 1. The average molecular weight is 360 g/mol. The zero-order valence-electron chi connectivity index (χ0n) is 15.3. The Kier molecular flexibility index (Phi) is 4.53. The highest BCUT2D eigenvalue weighted by atomic mass is 32.1. The maximum absolute atomic E-state index is 11.7. The van der Waals surface area contributed by atoms with Gasteiger partial charge in [0.15, 0.2) is 5.13 Å². The molecule has 0 amide bonds. The van der Waals surface area contributed by atoms with Crippen molar-refractivity contribution in [2.45, 2.75) is 58.3 Å². The number of thiazole rings is 1. The third-order valence-electron chi connectivity index (χ3n) is 4.64. The first-order valence-electron chi connectivity index (χ1n) is 8.51. The van der Waals surface area contributed by atoms with Gasteiger partial charge in [-0.05, 0) is 19.8 Å². The Labute approximate surface area is 152 Å². The molecule has 3 rings (SSSR count). The fourth-order valence-corrected chi connectivity index (χ4v) is 4.23. The number of aromatic nitrogens is 3. The summed E-state index contributed by atoms with van der Waals surface area (Å²) in [5.41, 5.74) is 1.72. The molecule has 1 aliphatic rings. The van der Waals surface area contributed by atoms with E-state index in [-0.39, 0.29) is 10.8 Å². The van der Waals surface area contributed by atoms with Crippen LogP contribution in [0.2, 0.25) is 0 Å². The van der Waals surface area contributed by atoms with Gasteiger partial charge in [-0.25, -0.2) is 19.7 Å². The van der Waals surface area contributed by atoms with Crippen LogP contribution in [0.5, 0.6) is 0 Å². The molecule has 2 aromatic rings. The van der Waals surface area contributed by atoms with E-state index in [1.807, 2.05) is 0 Å². The van der Waals surface area contributed by atoms with Crippen molar-refractivity contribution in [1.82, 2.24) is 15.0 Å². The quantitative estimate of drug-likeness (QED) is 0.823. The summed E-state index contributed by atoms with van der Waals surface area (Å²) in [6.07, 6.45) is 5.21. The van der Waals surface area contributed by atoms with Crippen molar-refractivity contribution in [2.24, 2.45) is 0 Å². The Hall–Kier alpha value is -2.02. The molecule has 0 saturated heterocycles. The molecule has 2 aromatic heterocycles. The van der Waals surface area contributed by atoms with Gasteiger partial charge in [0.25, 0.3) is 0 Å². The first kappa shape index (κ1) is 17.8. The zero-order valence-corrected chi connectivity index (χ0v) is 16.2. The molecule has 0 aromatic carbocycles. The van der Waals surface area contributed by atoms with E-state index >= 15 is 0 Å². The molecule has 0 saturated carbocycles. The van der Waals surface area contributed by atoms with Crippen molar-refractivity contribution in [3.8, 4) is 0 Å². The first-order valence-corrected chi connectivity index (χ1v) is 9.32. The molecule has 25 heavy (non-hydrogen) atoms. The van der Waals surface area contributed by atoms with Gasteiger partial charge in [0.2, 0.25) is 5.95 Å². The summed E-state index contributed by atoms with van der Waals surface area (Å²) >= 11 is 1.66. The van der Waals surface area contributed by atoms with Crippen molar-refractivity contribution >= 4 is 28.4 Å². The Morgan fingerprint density at radius 1 is 1.20 bits per heavy atom. The number of esters is 1. The highest BCUT2D eigenvalue weighted by molar-refractivity contribution is 7.16. The zero-order chi connectivity index (χ0) is 18.2. The second-order valence-electron chi connectivity index (χ2n) is 7.61. The van der Waals surface area contributed by atoms with Crippen LogP contribution in [0.1, 0.15) is 68.4 Å². The van der Waals surface area contributed by atoms with Crippen LogP contribution in [0.4, 0.5) is 11.1 Å². The van der Waals surface area contributed by atoms with Gasteiger partial charge in [-0.3, -0.25) is 0 Å². The maximum atomic E-state index is 11.7. The summed E-state index contributed by atoms with van der Waals surface area (Å²) in [4.78, 5) is 26.2. The fourth-order valence-electron chi connectivity index (χ4n) is 2.96. The molecular weight excluding hydrogens is 336 g/mol. The number of anilines is 2. The summed E-state index contributed by atoms with van der Waals surface area (Å²) < 4.78 is 4.94. The van der Waals surface area contributed by atoms with E-state index < -0.39 is 5.97 Å². The lowest BCUT2D eigenvalue weighted by Crippen LogP contribution is -2.32. The summed E-state index contributed by atoms with van der Waals surface area (Å²) in [5.74, 6) is 0.0111. The maximum Gasteiger partial charge on any atom is 0.341 e. The van der Waals surface area contributed by atoms with Crippen LogP contribution >= 0.6 is 11.3 Å². The van der Waals surface area contributed by atoms with Crippen molar-refractivity contribution in [1.29, 1.82) is 0 Å².